The summed E-state index contributed by atoms with van der Waals surface area (Å²) in [6, 6.07) is 8.32. The predicted octanol–water partition coefficient (Wildman–Crippen LogP) is 2.14. The van der Waals surface area contributed by atoms with Gasteiger partial charge in [-0.15, -0.1) is 0 Å². The Morgan fingerprint density at radius 1 is 1.40 bits per heavy atom. The average molecular weight is 364 g/mol. The van der Waals surface area contributed by atoms with Gasteiger partial charge < -0.3 is 9.64 Å². The van der Waals surface area contributed by atoms with E-state index in [0.717, 1.165) is 12.8 Å². The van der Waals surface area contributed by atoms with Gasteiger partial charge in [-0.25, -0.2) is 8.42 Å². The first-order chi connectivity index (χ1) is 11.9. The van der Waals surface area contributed by atoms with Gasteiger partial charge in [0.2, 0.25) is 0 Å². The number of hydrogen-bond acceptors (Lipinski definition) is 5. The topological polar surface area (TPSA) is 87.5 Å². The van der Waals surface area contributed by atoms with Crippen LogP contribution in [0.4, 0.5) is 0 Å². The number of nitriles is 1. The fraction of sp³-hybridized carbons (Fsp3) is 0.556. The van der Waals surface area contributed by atoms with Gasteiger partial charge in [0.15, 0.2) is 15.9 Å². The maximum absolute atomic E-state index is 12.8. The maximum Gasteiger partial charge on any atom is 0.263 e. The Kier molecular flexibility index (Phi) is 6.43. The molecule has 6 nitrogen and oxygen atoms in total. The first-order valence-electron chi connectivity index (χ1n) is 8.54. The van der Waals surface area contributed by atoms with Crippen LogP contribution < -0.4 is 4.74 Å². The third kappa shape index (κ3) is 5.20. The van der Waals surface area contributed by atoms with Crippen LogP contribution in [0.15, 0.2) is 24.3 Å². The van der Waals surface area contributed by atoms with Gasteiger partial charge in [-0.3, -0.25) is 4.79 Å². The van der Waals surface area contributed by atoms with Crippen LogP contribution in [-0.4, -0.2) is 49.4 Å². The van der Waals surface area contributed by atoms with Crippen molar-refractivity contribution in [3.8, 4) is 11.8 Å². The van der Waals surface area contributed by atoms with E-state index >= 15 is 0 Å². The molecule has 1 amide bonds. The lowest BCUT2D eigenvalue weighted by atomic mass is 10.1. The van der Waals surface area contributed by atoms with Gasteiger partial charge in [0, 0.05) is 12.6 Å². The number of nitrogens with zero attached hydrogens (tertiary/aromatic N) is 2. The summed E-state index contributed by atoms with van der Waals surface area (Å²) in [5.41, 5.74) is 0.520. The molecule has 0 aliphatic carbocycles. The summed E-state index contributed by atoms with van der Waals surface area (Å²) in [5, 5.41) is 8.82. The molecule has 1 fully saturated rings. The SMILES string of the molecule is CCCCN(C(=O)C(C)Oc1ccc(C#N)cc1)C1CCS(=O)(=O)C1. The highest BCUT2D eigenvalue weighted by molar-refractivity contribution is 7.91. The van der Waals surface area contributed by atoms with Gasteiger partial charge >= 0.3 is 0 Å². The monoisotopic (exact) mass is 364 g/mol. The summed E-state index contributed by atoms with van der Waals surface area (Å²) in [7, 11) is -3.06. The summed E-state index contributed by atoms with van der Waals surface area (Å²) < 4.78 is 29.2. The van der Waals surface area contributed by atoms with E-state index in [1.165, 1.54) is 0 Å². The van der Waals surface area contributed by atoms with E-state index < -0.39 is 15.9 Å². The quantitative estimate of drug-likeness (QED) is 0.740. The Morgan fingerprint density at radius 2 is 2.08 bits per heavy atom. The van der Waals surface area contributed by atoms with E-state index in [1.54, 1.807) is 36.1 Å². The molecule has 2 unspecified atom stereocenters. The molecule has 1 aliphatic heterocycles. The highest BCUT2D eigenvalue weighted by atomic mass is 32.2. The Balaban J connectivity index is 2.07. The number of benzene rings is 1. The number of carbonyl (C=O) groups is 1. The average Bonchev–Trinajstić information content (AvgIpc) is 2.95. The minimum Gasteiger partial charge on any atom is -0.481 e. The first kappa shape index (κ1) is 19.3. The van der Waals surface area contributed by atoms with Crippen molar-refractivity contribution < 1.29 is 17.9 Å². The number of unbranched alkanes of at least 4 members (excludes halogenated alkanes) is 1. The number of rotatable bonds is 7. The standard InChI is InChI=1S/C18H24N2O4S/c1-3-4-10-20(16-9-11-25(22,23)13-16)18(21)14(2)24-17-7-5-15(12-19)6-8-17/h5-8,14,16H,3-4,9-11,13H2,1-2H3. The molecule has 0 N–H and O–H groups in total. The second kappa shape index (κ2) is 8.34. The molecule has 0 radical (unpaired) electrons. The largest absolute Gasteiger partial charge is 0.481 e. The molecule has 0 saturated carbocycles. The highest BCUT2D eigenvalue weighted by Gasteiger charge is 2.36. The van der Waals surface area contributed by atoms with Crippen molar-refractivity contribution in [3.05, 3.63) is 29.8 Å². The van der Waals surface area contributed by atoms with Crippen LogP contribution in [0.1, 0.15) is 38.7 Å². The molecule has 2 atom stereocenters. The molecule has 1 aromatic rings. The van der Waals surface area contributed by atoms with Gasteiger partial charge in [-0.2, -0.15) is 5.26 Å². The molecule has 25 heavy (non-hydrogen) atoms. The Hall–Kier alpha value is -2.07. The maximum atomic E-state index is 12.8. The molecule has 7 heteroatoms. The first-order valence-corrected chi connectivity index (χ1v) is 10.4. The summed E-state index contributed by atoms with van der Waals surface area (Å²) in [5.74, 6) is 0.485. The third-order valence-corrected chi connectivity index (χ3v) is 6.08. The summed E-state index contributed by atoms with van der Waals surface area (Å²) >= 11 is 0. The molecule has 136 valence electrons. The van der Waals surface area contributed by atoms with E-state index in [9.17, 15) is 13.2 Å². The second-order valence-corrected chi connectivity index (χ2v) is 8.57. The molecule has 1 heterocycles. The molecule has 1 saturated heterocycles. The van der Waals surface area contributed by atoms with Crippen molar-refractivity contribution in [1.29, 1.82) is 5.26 Å². The Labute approximate surface area is 149 Å². The second-order valence-electron chi connectivity index (χ2n) is 6.34. The van der Waals surface area contributed by atoms with E-state index in [2.05, 4.69) is 0 Å². The van der Waals surface area contributed by atoms with Crippen LogP contribution in [-0.2, 0) is 14.6 Å². The van der Waals surface area contributed by atoms with Crippen LogP contribution in [0.3, 0.4) is 0 Å². The molecule has 0 spiro atoms. The lowest BCUT2D eigenvalue weighted by molar-refractivity contribution is -0.140. The van der Waals surface area contributed by atoms with Crippen molar-refractivity contribution >= 4 is 15.7 Å². The highest BCUT2D eigenvalue weighted by Crippen LogP contribution is 2.21. The van der Waals surface area contributed by atoms with E-state index in [4.69, 9.17) is 10.00 Å². The zero-order valence-electron chi connectivity index (χ0n) is 14.6. The zero-order chi connectivity index (χ0) is 18.4. The molecule has 0 bridgehead atoms. The molecule has 1 aromatic carbocycles. The van der Waals surface area contributed by atoms with Crippen molar-refractivity contribution in [2.75, 3.05) is 18.1 Å². The van der Waals surface area contributed by atoms with E-state index in [0.29, 0.717) is 24.3 Å². The number of hydrogen-bond donors (Lipinski definition) is 0. The molecule has 1 aliphatic rings. The van der Waals surface area contributed by atoms with Crippen molar-refractivity contribution in [2.45, 2.75) is 45.3 Å². The van der Waals surface area contributed by atoms with Crippen LogP contribution in [0.2, 0.25) is 0 Å². The van der Waals surface area contributed by atoms with Gasteiger partial charge in [0.25, 0.3) is 5.91 Å². The van der Waals surface area contributed by atoms with Crippen LogP contribution >= 0.6 is 0 Å². The fourth-order valence-electron chi connectivity index (χ4n) is 2.92. The molecule has 2 rings (SSSR count). The van der Waals surface area contributed by atoms with Crippen LogP contribution in [0, 0.1) is 11.3 Å². The predicted molar refractivity (Wildman–Crippen MR) is 94.9 cm³/mol. The summed E-state index contributed by atoms with van der Waals surface area (Å²) in [6.07, 6.45) is 1.52. The summed E-state index contributed by atoms with van der Waals surface area (Å²) in [4.78, 5) is 14.5. The number of sulfone groups is 1. The van der Waals surface area contributed by atoms with Crippen LogP contribution in [0.25, 0.3) is 0 Å². The van der Waals surface area contributed by atoms with E-state index in [-0.39, 0.29) is 23.5 Å². The van der Waals surface area contributed by atoms with Crippen LogP contribution in [0.5, 0.6) is 5.75 Å². The minimum atomic E-state index is -3.06. The fourth-order valence-corrected chi connectivity index (χ4v) is 4.65. The molecular weight excluding hydrogens is 340 g/mol. The third-order valence-electron chi connectivity index (χ3n) is 4.33. The molecule has 0 aromatic heterocycles. The lowest BCUT2D eigenvalue weighted by Gasteiger charge is -2.30. The van der Waals surface area contributed by atoms with E-state index in [1.807, 2.05) is 13.0 Å². The van der Waals surface area contributed by atoms with Crippen molar-refractivity contribution in [3.63, 3.8) is 0 Å². The van der Waals surface area contributed by atoms with Gasteiger partial charge in [0.05, 0.1) is 23.1 Å². The molecular formula is C18H24N2O4S. The lowest BCUT2D eigenvalue weighted by Crippen LogP contribution is -2.47. The minimum absolute atomic E-state index is 0.0338. The Morgan fingerprint density at radius 3 is 2.60 bits per heavy atom. The smallest absolute Gasteiger partial charge is 0.263 e. The number of ether oxygens (including phenoxy) is 1. The summed E-state index contributed by atoms with van der Waals surface area (Å²) in [6.45, 7) is 4.24. The number of amides is 1. The van der Waals surface area contributed by atoms with Gasteiger partial charge in [0.1, 0.15) is 5.75 Å². The van der Waals surface area contributed by atoms with Crippen molar-refractivity contribution in [2.24, 2.45) is 0 Å². The van der Waals surface area contributed by atoms with Crippen molar-refractivity contribution in [1.82, 2.24) is 4.90 Å². The normalized spacial score (nSPS) is 19.8. The number of carbonyl (C=O) groups excluding carboxylic acids is 1. The van der Waals surface area contributed by atoms with Gasteiger partial charge in [-0.1, -0.05) is 13.3 Å². The Bertz CT molecular complexity index is 737. The van der Waals surface area contributed by atoms with Gasteiger partial charge in [-0.05, 0) is 44.0 Å². The zero-order valence-corrected chi connectivity index (χ0v) is 15.5.